The summed E-state index contributed by atoms with van der Waals surface area (Å²) in [5, 5.41) is 17.9. The van der Waals surface area contributed by atoms with E-state index in [-0.39, 0.29) is 19.0 Å². The molecule has 1 aromatic rings. The van der Waals surface area contributed by atoms with E-state index in [9.17, 15) is 4.79 Å². The molecule has 0 amide bonds. The van der Waals surface area contributed by atoms with Gasteiger partial charge in [-0.15, -0.1) is 0 Å². The minimum atomic E-state index is -0.876. The zero-order valence-electron chi connectivity index (χ0n) is 10.6. The van der Waals surface area contributed by atoms with Crippen molar-refractivity contribution in [3.63, 3.8) is 0 Å². The number of aliphatic hydroxyl groups excluding tert-OH is 1. The molecule has 0 heterocycles. The van der Waals surface area contributed by atoms with E-state index in [0.29, 0.717) is 12.2 Å². The van der Waals surface area contributed by atoms with E-state index < -0.39 is 5.41 Å². The maximum absolute atomic E-state index is 12.0. The van der Waals surface area contributed by atoms with Crippen molar-refractivity contribution in [3.8, 4) is 6.07 Å². The second kappa shape index (κ2) is 6.18. The van der Waals surface area contributed by atoms with Crippen molar-refractivity contribution in [2.45, 2.75) is 25.7 Å². The molecule has 0 fully saturated rings. The average molecular weight is 247 g/mol. The first-order valence-electron chi connectivity index (χ1n) is 5.87. The Kier molecular flexibility index (Phi) is 4.87. The van der Waals surface area contributed by atoms with Gasteiger partial charge in [0.1, 0.15) is 0 Å². The molecule has 18 heavy (non-hydrogen) atoms. The number of hydrogen-bond donors (Lipinski definition) is 1. The molecule has 0 aliphatic rings. The molecule has 0 spiro atoms. The Morgan fingerprint density at radius 3 is 2.50 bits per heavy atom. The molecule has 1 rings (SSSR count). The van der Waals surface area contributed by atoms with Crippen LogP contribution >= 0.6 is 0 Å². The number of ether oxygens (including phenoxy) is 1. The highest BCUT2D eigenvalue weighted by Crippen LogP contribution is 2.29. The molecular weight excluding hydrogens is 230 g/mol. The standard InChI is InChI=1S/C14H17NO3/c1-3-18-13(17)14(2,8-9-16)12-6-4-11(10-15)5-7-12/h4-7,16H,3,8-9H2,1-2H3. The van der Waals surface area contributed by atoms with Crippen molar-refractivity contribution in [3.05, 3.63) is 35.4 Å². The first-order chi connectivity index (χ1) is 8.58. The fourth-order valence-electron chi connectivity index (χ4n) is 1.79. The normalized spacial score (nSPS) is 13.4. The lowest BCUT2D eigenvalue weighted by atomic mass is 9.79. The Balaban J connectivity index is 3.09. The highest BCUT2D eigenvalue weighted by molar-refractivity contribution is 5.82. The van der Waals surface area contributed by atoms with Gasteiger partial charge in [0.05, 0.1) is 23.7 Å². The number of benzene rings is 1. The quantitative estimate of drug-likeness (QED) is 0.805. The van der Waals surface area contributed by atoms with Gasteiger partial charge in [-0.2, -0.15) is 5.26 Å². The van der Waals surface area contributed by atoms with Crippen LogP contribution in [0.1, 0.15) is 31.4 Å². The molecule has 1 N–H and O–H groups in total. The van der Waals surface area contributed by atoms with Gasteiger partial charge in [-0.25, -0.2) is 0 Å². The van der Waals surface area contributed by atoms with Gasteiger partial charge in [-0.05, 0) is 38.0 Å². The molecule has 0 aliphatic heterocycles. The predicted molar refractivity (Wildman–Crippen MR) is 66.8 cm³/mol. The number of carbonyl (C=O) groups excluding carboxylic acids is 1. The molecule has 0 bridgehead atoms. The fourth-order valence-corrected chi connectivity index (χ4v) is 1.79. The molecule has 1 aromatic carbocycles. The van der Waals surface area contributed by atoms with Crippen molar-refractivity contribution >= 4 is 5.97 Å². The van der Waals surface area contributed by atoms with Gasteiger partial charge < -0.3 is 9.84 Å². The van der Waals surface area contributed by atoms with Gasteiger partial charge in [0.25, 0.3) is 0 Å². The topological polar surface area (TPSA) is 70.3 Å². The molecule has 0 aliphatic carbocycles. The second-order valence-electron chi connectivity index (χ2n) is 4.22. The Morgan fingerprint density at radius 2 is 2.06 bits per heavy atom. The average Bonchev–Trinajstić information content (AvgIpc) is 2.39. The zero-order chi connectivity index (χ0) is 13.6. The lowest BCUT2D eigenvalue weighted by Gasteiger charge is -2.27. The molecule has 96 valence electrons. The van der Waals surface area contributed by atoms with Crippen LogP contribution in [0.3, 0.4) is 0 Å². The van der Waals surface area contributed by atoms with Crippen molar-refractivity contribution in [2.24, 2.45) is 0 Å². The van der Waals surface area contributed by atoms with Crippen LogP contribution in [0, 0.1) is 11.3 Å². The Hall–Kier alpha value is -1.86. The van der Waals surface area contributed by atoms with Gasteiger partial charge >= 0.3 is 5.97 Å². The van der Waals surface area contributed by atoms with E-state index >= 15 is 0 Å². The Bertz CT molecular complexity index is 447. The predicted octanol–water partition coefficient (Wildman–Crippen LogP) is 1.76. The molecule has 4 heteroatoms. The molecule has 0 aromatic heterocycles. The van der Waals surface area contributed by atoms with E-state index in [1.807, 2.05) is 6.07 Å². The molecule has 0 radical (unpaired) electrons. The first-order valence-corrected chi connectivity index (χ1v) is 5.87. The lowest BCUT2D eigenvalue weighted by Crippen LogP contribution is -2.35. The highest BCUT2D eigenvalue weighted by atomic mass is 16.5. The minimum absolute atomic E-state index is 0.102. The molecular formula is C14H17NO3. The molecule has 0 saturated heterocycles. The fraction of sp³-hybridized carbons (Fsp3) is 0.429. The second-order valence-corrected chi connectivity index (χ2v) is 4.22. The summed E-state index contributed by atoms with van der Waals surface area (Å²) in [6, 6.07) is 8.79. The molecule has 1 atom stereocenters. The summed E-state index contributed by atoms with van der Waals surface area (Å²) in [5.41, 5.74) is 0.404. The molecule has 1 unspecified atom stereocenters. The summed E-state index contributed by atoms with van der Waals surface area (Å²) in [5.74, 6) is -0.358. The highest BCUT2D eigenvalue weighted by Gasteiger charge is 2.36. The van der Waals surface area contributed by atoms with Gasteiger partial charge in [0.2, 0.25) is 0 Å². The van der Waals surface area contributed by atoms with Crippen LogP contribution in [0.2, 0.25) is 0 Å². The summed E-state index contributed by atoms with van der Waals surface area (Å²) in [4.78, 5) is 12.0. The monoisotopic (exact) mass is 247 g/mol. The van der Waals surface area contributed by atoms with E-state index in [1.54, 1.807) is 38.1 Å². The first kappa shape index (κ1) is 14.2. The van der Waals surface area contributed by atoms with Crippen LogP contribution in [0.25, 0.3) is 0 Å². The van der Waals surface area contributed by atoms with Gasteiger partial charge in [0.15, 0.2) is 0 Å². The maximum atomic E-state index is 12.0. The SMILES string of the molecule is CCOC(=O)C(C)(CCO)c1ccc(C#N)cc1. The van der Waals surface area contributed by atoms with Crippen molar-refractivity contribution in [1.29, 1.82) is 5.26 Å². The zero-order valence-corrected chi connectivity index (χ0v) is 10.6. The van der Waals surface area contributed by atoms with Crippen LogP contribution in [-0.2, 0) is 14.9 Å². The smallest absolute Gasteiger partial charge is 0.316 e. The van der Waals surface area contributed by atoms with Crippen LogP contribution < -0.4 is 0 Å². The summed E-state index contributed by atoms with van der Waals surface area (Å²) in [6.07, 6.45) is 0.289. The third-order valence-corrected chi connectivity index (χ3v) is 2.99. The molecule has 0 saturated carbocycles. The molecule has 4 nitrogen and oxygen atoms in total. The summed E-state index contributed by atoms with van der Waals surface area (Å²) < 4.78 is 5.06. The summed E-state index contributed by atoms with van der Waals surface area (Å²) in [6.45, 7) is 3.68. The third-order valence-electron chi connectivity index (χ3n) is 2.99. The van der Waals surface area contributed by atoms with Crippen molar-refractivity contribution in [1.82, 2.24) is 0 Å². The Morgan fingerprint density at radius 1 is 1.44 bits per heavy atom. The van der Waals surface area contributed by atoms with Crippen LogP contribution in [0.15, 0.2) is 24.3 Å². The number of nitriles is 1. The largest absolute Gasteiger partial charge is 0.465 e. The van der Waals surface area contributed by atoms with Gasteiger partial charge in [-0.1, -0.05) is 12.1 Å². The van der Waals surface area contributed by atoms with Crippen molar-refractivity contribution in [2.75, 3.05) is 13.2 Å². The van der Waals surface area contributed by atoms with E-state index in [4.69, 9.17) is 15.1 Å². The van der Waals surface area contributed by atoms with E-state index in [0.717, 1.165) is 5.56 Å². The number of aliphatic hydroxyl groups is 1. The number of esters is 1. The van der Waals surface area contributed by atoms with Crippen molar-refractivity contribution < 1.29 is 14.6 Å². The third kappa shape index (κ3) is 2.88. The van der Waals surface area contributed by atoms with Crippen LogP contribution in [0.4, 0.5) is 0 Å². The lowest BCUT2D eigenvalue weighted by molar-refractivity contribution is -0.150. The minimum Gasteiger partial charge on any atom is -0.465 e. The Labute approximate surface area is 107 Å². The number of hydrogen-bond acceptors (Lipinski definition) is 4. The van der Waals surface area contributed by atoms with Gasteiger partial charge in [-0.3, -0.25) is 4.79 Å². The number of nitrogens with zero attached hydrogens (tertiary/aromatic N) is 1. The maximum Gasteiger partial charge on any atom is 0.316 e. The van der Waals surface area contributed by atoms with E-state index in [1.165, 1.54) is 0 Å². The number of rotatable bonds is 5. The van der Waals surface area contributed by atoms with Gasteiger partial charge in [0, 0.05) is 6.61 Å². The summed E-state index contributed by atoms with van der Waals surface area (Å²) in [7, 11) is 0. The van der Waals surface area contributed by atoms with Crippen LogP contribution in [0.5, 0.6) is 0 Å². The number of carbonyl (C=O) groups is 1. The summed E-state index contributed by atoms with van der Waals surface area (Å²) >= 11 is 0. The van der Waals surface area contributed by atoms with E-state index in [2.05, 4.69) is 0 Å². The van der Waals surface area contributed by atoms with Crippen LogP contribution in [-0.4, -0.2) is 24.3 Å².